The van der Waals surface area contributed by atoms with Crippen LogP contribution in [0.25, 0.3) is 0 Å². The Morgan fingerprint density at radius 1 is 0.778 bits per heavy atom. The summed E-state index contributed by atoms with van der Waals surface area (Å²) >= 11 is 0. The van der Waals surface area contributed by atoms with Crippen LogP contribution in [-0.4, -0.2) is 32.3 Å². The van der Waals surface area contributed by atoms with E-state index in [4.69, 9.17) is 0 Å². The van der Waals surface area contributed by atoms with E-state index in [1.165, 1.54) is 10.9 Å². The summed E-state index contributed by atoms with van der Waals surface area (Å²) in [5, 5.41) is 0. The SMILES string of the molecule is CN(C)CCB(c1ccccc1)c1ccccc1. The average Bonchev–Trinajstić information content (AvgIpc) is 2.41. The standard InChI is InChI=1S/C16H20BN/c1-18(2)14-13-17(15-9-5-3-6-10-15)16-11-7-4-8-12-16/h3-12H,13-14H2,1-2H3. The van der Waals surface area contributed by atoms with Crippen LogP contribution in [0.5, 0.6) is 0 Å². The van der Waals surface area contributed by atoms with Crippen molar-refractivity contribution in [3.8, 4) is 0 Å². The number of rotatable bonds is 5. The zero-order valence-corrected chi connectivity index (χ0v) is 11.2. The van der Waals surface area contributed by atoms with Gasteiger partial charge < -0.3 is 4.90 Å². The summed E-state index contributed by atoms with van der Waals surface area (Å²) in [5.41, 5.74) is 2.82. The molecule has 0 saturated heterocycles. The van der Waals surface area contributed by atoms with Crippen molar-refractivity contribution in [3.63, 3.8) is 0 Å². The van der Waals surface area contributed by atoms with Crippen molar-refractivity contribution in [2.45, 2.75) is 6.32 Å². The molecule has 0 aliphatic heterocycles. The largest absolute Gasteiger partial charge is 0.310 e. The van der Waals surface area contributed by atoms with Gasteiger partial charge in [0.05, 0.1) is 0 Å². The van der Waals surface area contributed by atoms with Crippen molar-refractivity contribution in [1.29, 1.82) is 0 Å². The van der Waals surface area contributed by atoms with Crippen LogP contribution in [0.2, 0.25) is 6.32 Å². The Bertz CT molecular complexity index is 414. The van der Waals surface area contributed by atoms with Gasteiger partial charge in [-0.15, -0.1) is 0 Å². The molecule has 0 fully saturated rings. The van der Waals surface area contributed by atoms with Gasteiger partial charge in [-0.3, -0.25) is 0 Å². The second kappa shape index (κ2) is 6.41. The molecule has 92 valence electrons. The second-order valence-corrected chi connectivity index (χ2v) is 4.97. The minimum Gasteiger partial charge on any atom is -0.310 e. The molecule has 0 aliphatic rings. The number of nitrogens with zero attached hydrogens (tertiary/aromatic N) is 1. The number of hydrogen-bond donors (Lipinski definition) is 0. The summed E-state index contributed by atoms with van der Waals surface area (Å²) in [7, 11) is 4.26. The molecule has 0 bridgehead atoms. The van der Waals surface area contributed by atoms with E-state index < -0.39 is 0 Å². The van der Waals surface area contributed by atoms with Gasteiger partial charge >= 0.3 is 0 Å². The van der Waals surface area contributed by atoms with Gasteiger partial charge in [-0.1, -0.05) is 77.9 Å². The second-order valence-electron chi connectivity index (χ2n) is 4.97. The van der Waals surface area contributed by atoms with Crippen LogP contribution >= 0.6 is 0 Å². The van der Waals surface area contributed by atoms with Gasteiger partial charge in [0.2, 0.25) is 6.71 Å². The summed E-state index contributed by atoms with van der Waals surface area (Å²) in [6.07, 6.45) is 1.15. The zero-order valence-electron chi connectivity index (χ0n) is 11.2. The monoisotopic (exact) mass is 237 g/mol. The molecule has 2 rings (SSSR count). The van der Waals surface area contributed by atoms with Crippen molar-refractivity contribution in [3.05, 3.63) is 60.7 Å². The fourth-order valence-corrected chi connectivity index (χ4v) is 2.28. The fraction of sp³-hybridized carbons (Fsp3) is 0.250. The number of hydrogen-bond acceptors (Lipinski definition) is 1. The van der Waals surface area contributed by atoms with Gasteiger partial charge in [0.1, 0.15) is 0 Å². The van der Waals surface area contributed by atoms with Gasteiger partial charge in [-0.05, 0) is 20.6 Å². The Labute approximate surface area is 111 Å². The van der Waals surface area contributed by atoms with Gasteiger partial charge in [-0.2, -0.15) is 0 Å². The molecule has 0 aromatic heterocycles. The van der Waals surface area contributed by atoms with Gasteiger partial charge in [-0.25, -0.2) is 0 Å². The highest BCUT2D eigenvalue weighted by Crippen LogP contribution is 1.99. The molecule has 18 heavy (non-hydrogen) atoms. The van der Waals surface area contributed by atoms with E-state index in [1.54, 1.807) is 0 Å². The lowest BCUT2D eigenvalue weighted by molar-refractivity contribution is 0.433. The first-order valence-electron chi connectivity index (χ1n) is 6.52. The first-order chi connectivity index (χ1) is 8.77. The Kier molecular flexibility index (Phi) is 4.60. The molecular formula is C16H20BN. The predicted molar refractivity (Wildman–Crippen MR) is 81.3 cm³/mol. The van der Waals surface area contributed by atoms with Gasteiger partial charge in [0.25, 0.3) is 0 Å². The summed E-state index contributed by atoms with van der Waals surface area (Å²) in [6.45, 7) is 1.60. The molecule has 0 saturated carbocycles. The molecule has 0 spiro atoms. The third-order valence-corrected chi connectivity index (χ3v) is 3.27. The molecule has 2 heteroatoms. The summed E-state index contributed by atoms with van der Waals surface area (Å²) in [4.78, 5) is 2.25. The Balaban J connectivity index is 2.24. The molecular weight excluding hydrogens is 217 g/mol. The van der Waals surface area contributed by atoms with E-state index in [-0.39, 0.29) is 0 Å². The van der Waals surface area contributed by atoms with Gasteiger partial charge in [0.15, 0.2) is 0 Å². The molecule has 2 aromatic carbocycles. The Morgan fingerprint density at radius 3 is 1.61 bits per heavy atom. The first-order valence-corrected chi connectivity index (χ1v) is 6.52. The molecule has 0 N–H and O–H groups in total. The van der Waals surface area contributed by atoms with Crippen LogP contribution in [0.4, 0.5) is 0 Å². The van der Waals surface area contributed by atoms with E-state index >= 15 is 0 Å². The molecule has 2 aromatic rings. The molecule has 0 heterocycles. The van der Waals surface area contributed by atoms with Gasteiger partial charge in [0, 0.05) is 0 Å². The molecule has 0 atom stereocenters. The minimum atomic E-state index is 0.495. The van der Waals surface area contributed by atoms with Crippen molar-refractivity contribution < 1.29 is 0 Å². The quantitative estimate of drug-likeness (QED) is 0.717. The van der Waals surface area contributed by atoms with Crippen LogP contribution in [0.1, 0.15) is 0 Å². The maximum Gasteiger partial charge on any atom is 0.210 e. The predicted octanol–water partition coefficient (Wildman–Crippen LogP) is 1.86. The van der Waals surface area contributed by atoms with Crippen LogP contribution < -0.4 is 10.9 Å². The zero-order chi connectivity index (χ0) is 12.8. The lowest BCUT2D eigenvalue weighted by atomic mass is 9.38. The summed E-state index contributed by atoms with van der Waals surface area (Å²) < 4.78 is 0. The van der Waals surface area contributed by atoms with E-state index in [1.807, 2.05) is 0 Å². The van der Waals surface area contributed by atoms with Crippen LogP contribution in [0.15, 0.2) is 60.7 Å². The normalized spacial score (nSPS) is 10.6. The van der Waals surface area contributed by atoms with E-state index in [9.17, 15) is 0 Å². The average molecular weight is 237 g/mol. The molecule has 0 amide bonds. The molecule has 0 unspecified atom stereocenters. The topological polar surface area (TPSA) is 3.24 Å². The van der Waals surface area contributed by atoms with Crippen LogP contribution in [0, 0.1) is 0 Å². The van der Waals surface area contributed by atoms with E-state index in [0.717, 1.165) is 12.9 Å². The minimum absolute atomic E-state index is 0.495. The third-order valence-electron chi connectivity index (χ3n) is 3.27. The van der Waals surface area contributed by atoms with E-state index in [0.29, 0.717) is 6.71 Å². The lowest BCUT2D eigenvalue weighted by Gasteiger charge is -2.17. The van der Waals surface area contributed by atoms with Crippen molar-refractivity contribution >= 4 is 17.6 Å². The lowest BCUT2D eigenvalue weighted by Crippen LogP contribution is -2.43. The first kappa shape index (κ1) is 12.9. The highest BCUT2D eigenvalue weighted by molar-refractivity contribution is 6.85. The van der Waals surface area contributed by atoms with Crippen LogP contribution in [-0.2, 0) is 0 Å². The van der Waals surface area contributed by atoms with Crippen LogP contribution in [0.3, 0.4) is 0 Å². The molecule has 1 nitrogen and oxygen atoms in total. The Hall–Kier alpha value is -1.54. The highest BCUT2D eigenvalue weighted by Gasteiger charge is 2.18. The smallest absolute Gasteiger partial charge is 0.210 e. The highest BCUT2D eigenvalue weighted by atomic mass is 15.0. The summed E-state index contributed by atoms with van der Waals surface area (Å²) in [6, 6.07) is 21.6. The van der Waals surface area contributed by atoms with Crippen molar-refractivity contribution in [1.82, 2.24) is 4.90 Å². The number of benzene rings is 2. The van der Waals surface area contributed by atoms with Crippen molar-refractivity contribution in [2.75, 3.05) is 20.6 Å². The fourth-order valence-electron chi connectivity index (χ4n) is 2.28. The summed E-state index contributed by atoms with van der Waals surface area (Å²) in [5.74, 6) is 0. The maximum absolute atomic E-state index is 2.25. The van der Waals surface area contributed by atoms with E-state index in [2.05, 4.69) is 79.7 Å². The Morgan fingerprint density at radius 2 is 1.22 bits per heavy atom. The molecule has 0 aliphatic carbocycles. The third kappa shape index (κ3) is 3.48. The van der Waals surface area contributed by atoms with Crippen molar-refractivity contribution in [2.24, 2.45) is 0 Å². The molecule has 0 radical (unpaired) electrons. The maximum atomic E-state index is 2.25.